The molecular formula is C22H27NO2. The summed E-state index contributed by atoms with van der Waals surface area (Å²) >= 11 is 0. The number of rotatable bonds is 5. The van der Waals surface area contributed by atoms with Gasteiger partial charge >= 0.3 is 0 Å². The number of hydrogen-bond acceptors (Lipinski definition) is 2. The van der Waals surface area contributed by atoms with Crippen LogP contribution in [0.2, 0.25) is 0 Å². The fraction of sp³-hybridized carbons (Fsp3) is 0.409. The third-order valence-electron chi connectivity index (χ3n) is 4.84. The van der Waals surface area contributed by atoms with Gasteiger partial charge in [-0.1, -0.05) is 74.0 Å². The third kappa shape index (κ3) is 3.62. The molecular weight excluding hydrogens is 310 g/mol. The summed E-state index contributed by atoms with van der Waals surface area (Å²) < 4.78 is 6.42. The molecule has 2 aromatic rings. The Morgan fingerprint density at radius 1 is 1.00 bits per heavy atom. The van der Waals surface area contributed by atoms with Crippen molar-refractivity contribution in [3.63, 3.8) is 0 Å². The molecule has 0 aliphatic carbocycles. The van der Waals surface area contributed by atoms with Crippen LogP contribution < -0.4 is 0 Å². The second kappa shape index (κ2) is 7.40. The zero-order valence-electron chi connectivity index (χ0n) is 15.3. The highest BCUT2D eigenvalue weighted by molar-refractivity contribution is 5.78. The lowest BCUT2D eigenvalue weighted by Gasteiger charge is -2.34. The minimum Gasteiger partial charge on any atom is -0.346 e. The molecule has 0 radical (unpaired) electrons. The van der Waals surface area contributed by atoms with Crippen molar-refractivity contribution in [2.75, 3.05) is 0 Å². The molecule has 1 amide bonds. The van der Waals surface area contributed by atoms with E-state index in [1.807, 2.05) is 55.1 Å². The van der Waals surface area contributed by atoms with Gasteiger partial charge in [0.2, 0.25) is 5.91 Å². The molecule has 0 spiro atoms. The Morgan fingerprint density at radius 3 is 2.12 bits per heavy atom. The molecule has 2 atom stereocenters. The standard InChI is InChI=1S/C22H27NO2/c1-4-5-16-19(24)23-20(17-12-8-6-9-13-17)21(25-22(23,2)3)18-14-10-7-11-15-18/h6-15,20-21H,4-5,16H2,1-3H3/t20-,21-/m0/s1. The molecule has 0 N–H and O–H groups in total. The van der Waals surface area contributed by atoms with Crippen molar-refractivity contribution in [1.29, 1.82) is 0 Å². The maximum Gasteiger partial charge on any atom is 0.225 e. The van der Waals surface area contributed by atoms with Gasteiger partial charge in [0.1, 0.15) is 11.8 Å². The van der Waals surface area contributed by atoms with Crippen LogP contribution in [-0.4, -0.2) is 16.5 Å². The molecule has 0 unspecified atom stereocenters. The number of carbonyl (C=O) groups is 1. The van der Waals surface area contributed by atoms with Gasteiger partial charge in [-0.2, -0.15) is 0 Å². The maximum atomic E-state index is 13.0. The molecule has 0 aromatic heterocycles. The average molecular weight is 337 g/mol. The summed E-state index contributed by atoms with van der Waals surface area (Å²) in [5, 5.41) is 0. The first-order valence-corrected chi connectivity index (χ1v) is 9.14. The minimum atomic E-state index is -0.633. The van der Waals surface area contributed by atoms with Gasteiger partial charge in [-0.3, -0.25) is 4.79 Å². The fourth-order valence-corrected chi connectivity index (χ4v) is 3.67. The molecule has 0 saturated carbocycles. The normalized spacial score (nSPS) is 22.1. The number of amides is 1. The second-order valence-corrected chi connectivity index (χ2v) is 7.12. The van der Waals surface area contributed by atoms with Crippen LogP contribution in [0.5, 0.6) is 0 Å². The van der Waals surface area contributed by atoms with Gasteiger partial charge in [0.25, 0.3) is 0 Å². The molecule has 3 heteroatoms. The fourth-order valence-electron chi connectivity index (χ4n) is 3.67. The van der Waals surface area contributed by atoms with Gasteiger partial charge in [0.15, 0.2) is 0 Å². The van der Waals surface area contributed by atoms with Gasteiger partial charge in [-0.25, -0.2) is 0 Å². The van der Waals surface area contributed by atoms with Crippen LogP contribution in [-0.2, 0) is 9.53 Å². The highest BCUT2D eigenvalue weighted by atomic mass is 16.5. The molecule has 1 saturated heterocycles. The maximum absolute atomic E-state index is 13.0. The topological polar surface area (TPSA) is 29.5 Å². The Bertz CT molecular complexity index is 696. The summed E-state index contributed by atoms with van der Waals surface area (Å²) in [6, 6.07) is 20.3. The number of ether oxygens (including phenoxy) is 1. The van der Waals surface area contributed by atoms with E-state index in [4.69, 9.17) is 4.74 Å². The first-order valence-electron chi connectivity index (χ1n) is 9.14. The molecule has 1 aliphatic rings. The molecule has 1 aliphatic heterocycles. The van der Waals surface area contributed by atoms with E-state index in [2.05, 4.69) is 31.2 Å². The molecule has 25 heavy (non-hydrogen) atoms. The van der Waals surface area contributed by atoms with Crippen LogP contribution in [0.4, 0.5) is 0 Å². The quantitative estimate of drug-likeness (QED) is 0.745. The van der Waals surface area contributed by atoms with Crippen LogP contribution in [0.25, 0.3) is 0 Å². The van der Waals surface area contributed by atoms with Gasteiger partial charge in [-0.15, -0.1) is 0 Å². The van der Waals surface area contributed by atoms with Crippen molar-refractivity contribution < 1.29 is 9.53 Å². The predicted molar refractivity (Wildman–Crippen MR) is 99.9 cm³/mol. The monoisotopic (exact) mass is 337 g/mol. The Hall–Kier alpha value is -2.13. The third-order valence-corrected chi connectivity index (χ3v) is 4.84. The van der Waals surface area contributed by atoms with Gasteiger partial charge in [0.05, 0.1) is 6.04 Å². The largest absolute Gasteiger partial charge is 0.346 e. The average Bonchev–Trinajstić information content (AvgIpc) is 2.92. The summed E-state index contributed by atoms with van der Waals surface area (Å²) in [7, 11) is 0. The lowest BCUT2D eigenvalue weighted by atomic mass is 9.94. The SMILES string of the molecule is CCCCC(=O)N1[C@@H](c2ccccc2)[C@H](c2ccccc2)OC1(C)C. The Morgan fingerprint density at radius 2 is 1.56 bits per heavy atom. The zero-order valence-corrected chi connectivity index (χ0v) is 15.3. The summed E-state index contributed by atoms with van der Waals surface area (Å²) in [5.41, 5.74) is 1.59. The first kappa shape index (κ1) is 17.7. The molecule has 1 heterocycles. The highest BCUT2D eigenvalue weighted by Gasteiger charge is 2.50. The summed E-state index contributed by atoms with van der Waals surface area (Å²) in [4.78, 5) is 15.0. The summed E-state index contributed by atoms with van der Waals surface area (Å²) in [5.74, 6) is 0.166. The number of nitrogens with zero attached hydrogens (tertiary/aromatic N) is 1. The van der Waals surface area contributed by atoms with E-state index < -0.39 is 5.72 Å². The minimum absolute atomic E-state index is 0.108. The lowest BCUT2D eigenvalue weighted by Crippen LogP contribution is -2.44. The molecule has 0 bridgehead atoms. The Labute approximate surface area is 150 Å². The van der Waals surface area contributed by atoms with Crippen molar-refractivity contribution >= 4 is 5.91 Å². The molecule has 3 rings (SSSR count). The zero-order chi connectivity index (χ0) is 17.9. The molecule has 1 fully saturated rings. The van der Waals surface area contributed by atoms with E-state index in [1.54, 1.807) is 0 Å². The Balaban J connectivity index is 2.03. The van der Waals surface area contributed by atoms with Crippen molar-refractivity contribution in [3.8, 4) is 0 Å². The van der Waals surface area contributed by atoms with Crippen molar-refractivity contribution in [2.24, 2.45) is 0 Å². The number of unbranched alkanes of at least 4 members (excludes halogenated alkanes) is 1. The summed E-state index contributed by atoms with van der Waals surface area (Å²) in [6.45, 7) is 6.10. The smallest absolute Gasteiger partial charge is 0.225 e. The van der Waals surface area contributed by atoms with E-state index in [-0.39, 0.29) is 18.1 Å². The van der Waals surface area contributed by atoms with Crippen LogP contribution >= 0.6 is 0 Å². The van der Waals surface area contributed by atoms with Crippen LogP contribution in [0, 0.1) is 0 Å². The van der Waals surface area contributed by atoms with E-state index in [1.165, 1.54) is 0 Å². The van der Waals surface area contributed by atoms with E-state index >= 15 is 0 Å². The van der Waals surface area contributed by atoms with Gasteiger partial charge in [0, 0.05) is 6.42 Å². The Kier molecular flexibility index (Phi) is 5.24. The molecule has 2 aromatic carbocycles. The van der Waals surface area contributed by atoms with E-state index in [9.17, 15) is 4.79 Å². The second-order valence-electron chi connectivity index (χ2n) is 7.12. The first-order chi connectivity index (χ1) is 12.0. The van der Waals surface area contributed by atoms with E-state index in [0.29, 0.717) is 6.42 Å². The number of hydrogen-bond donors (Lipinski definition) is 0. The van der Waals surface area contributed by atoms with Crippen molar-refractivity contribution in [3.05, 3.63) is 71.8 Å². The van der Waals surface area contributed by atoms with E-state index in [0.717, 1.165) is 24.0 Å². The number of benzene rings is 2. The molecule has 132 valence electrons. The van der Waals surface area contributed by atoms with Gasteiger partial charge in [-0.05, 0) is 31.4 Å². The van der Waals surface area contributed by atoms with Crippen LogP contribution in [0.1, 0.15) is 63.3 Å². The highest BCUT2D eigenvalue weighted by Crippen LogP contribution is 2.49. The summed E-state index contributed by atoms with van der Waals surface area (Å²) in [6.07, 6.45) is 2.32. The van der Waals surface area contributed by atoms with Crippen molar-refractivity contribution in [1.82, 2.24) is 4.90 Å². The van der Waals surface area contributed by atoms with Crippen LogP contribution in [0.3, 0.4) is 0 Å². The predicted octanol–water partition coefficient (Wildman–Crippen LogP) is 5.25. The lowest BCUT2D eigenvalue weighted by molar-refractivity contribution is -0.147. The van der Waals surface area contributed by atoms with Gasteiger partial charge < -0.3 is 9.64 Å². The van der Waals surface area contributed by atoms with Crippen LogP contribution in [0.15, 0.2) is 60.7 Å². The molecule has 3 nitrogen and oxygen atoms in total. The van der Waals surface area contributed by atoms with Crippen molar-refractivity contribution in [2.45, 2.75) is 57.9 Å². The number of carbonyl (C=O) groups excluding carboxylic acids is 1.